The van der Waals surface area contributed by atoms with E-state index in [1.54, 1.807) is 18.2 Å². The van der Waals surface area contributed by atoms with Crippen molar-refractivity contribution in [3.8, 4) is 17.2 Å². The normalized spacial score (nSPS) is 10.8. The van der Waals surface area contributed by atoms with Crippen LogP contribution in [0, 0.1) is 6.92 Å². The lowest BCUT2D eigenvalue weighted by Crippen LogP contribution is -2.02. The summed E-state index contributed by atoms with van der Waals surface area (Å²) in [5.41, 5.74) is 3.59. The van der Waals surface area contributed by atoms with Crippen LogP contribution in [0.1, 0.15) is 11.4 Å². The first kappa shape index (κ1) is 17.6. The topological polar surface area (TPSA) is 73.6 Å². The summed E-state index contributed by atoms with van der Waals surface area (Å²) in [6.45, 7) is 2.41. The van der Waals surface area contributed by atoms with Crippen molar-refractivity contribution in [1.29, 1.82) is 0 Å². The third-order valence-corrected chi connectivity index (χ3v) is 4.34. The van der Waals surface area contributed by atoms with Gasteiger partial charge in [-0.1, -0.05) is 30.3 Å². The molecule has 0 saturated carbocycles. The van der Waals surface area contributed by atoms with Crippen molar-refractivity contribution in [1.82, 2.24) is 9.55 Å². The van der Waals surface area contributed by atoms with Gasteiger partial charge in [0.1, 0.15) is 23.9 Å². The van der Waals surface area contributed by atoms with Crippen molar-refractivity contribution >= 4 is 17.2 Å². The van der Waals surface area contributed by atoms with Crippen molar-refractivity contribution in [2.45, 2.75) is 13.5 Å². The Balaban J connectivity index is 1.57. The molecule has 0 radical (unpaired) electrons. The van der Waals surface area contributed by atoms with Crippen LogP contribution in [0.15, 0.2) is 72.8 Å². The van der Waals surface area contributed by atoms with Crippen LogP contribution in [0.5, 0.6) is 11.5 Å². The van der Waals surface area contributed by atoms with Gasteiger partial charge in [-0.2, -0.15) is 0 Å². The molecule has 0 aliphatic rings. The SMILES string of the molecule is Cc1nc2cc(OC(=O)O)ccc2n1-c1ccc(OCc2ccccc2)cc1. The molecule has 0 spiro atoms. The lowest BCUT2D eigenvalue weighted by atomic mass is 10.2. The number of rotatable bonds is 5. The van der Waals surface area contributed by atoms with Gasteiger partial charge in [-0.25, -0.2) is 9.78 Å². The van der Waals surface area contributed by atoms with Gasteiger partial charge in [0.05, 0.1) is 11.0 Å². The van der Waals surface area contributed by atoms with Gasteiger partial charge in [-0.05, 0) is 48.9 Å². The molecule has 1 heterocycles. The van der Waals surface area contributed by atoms with E-state index in [0.29, 0.717) is 12.1 Å². The largest absolute Gasteiger partial charge is 0.511 e. The number of carboxylic acid groups (broad SMARTS) is 1. The minimum absolute atomic E-state index is 0.245. The second-order valence-corrected chi connectivity index (χ2v) is 6.28. The Kier molecular flexibility index (Phi) is 4.68. The van der Waals surface area contributed by atoms with E-state index in [4.69, 9.17) is 14.6 Å². The molecule has 6 nitrogen and oxygen atoms in total. The Morgan fingerprint density at radius 1 is 1.00 bits per heavy atom. The van der Waals surface area contributed by atoms with Crippen molar-refractivity contribution < 1.29 is 19.4 Å². The molecular weight excluding hydrogens is 356 g/mol. The fourth-order valence-corrected chi connectivity index (χ4v) is 3.10. The molecular formula is C22H18N2O4. The van der Waals surface area contributed by atoms with Gasteiger partial charge in [-0.3, -0.25) is 4.57 Å². The lowest BCUT2D eigenvalue weighted by Gasteiger charge is -2.10. The molecule has 0 amide bonds. The minimum Gasteiger partial charge on any atom is -0.489 e. The number of benzene rings is 3. The van der Waals surface area contributed by atoms with Crippen LogP contribution in [-0.4, -0.2) is 20.8 Å². The highest BCUT2D eigenvalue weighted by Gasteiger charge is 2.11. The van der Waals surface area contributed by atoms with Gasteiger partial charge in [0.2, 0.25) is 0 Å². The summed E-state index contributed by atoms with van der Waals surface area (Å²) in [6.07, 6.45) is -1.35. The van der Waals surface area contributed by atoms with E-state index in [1.165, 1.54) is 0 Å². The molecule has 0 atom stereocenters. The van der Waals surface area contributed by atoms with Crippen molar-refractivity contribution in [3.05, 3.63) is 84.2 Å². The number of aromatic nitrogens is 2. The number of fused-ring (bicyclic) bond motifs is 1. The van der Waals surface area contributed by atoms with E-state index >= 15 is 0 Å². The molecule has 0 fully saturated rings. The maximum absolute atomic E-state index is 10.7. The van der Waals surface area contributed by atoms with Crippen LogP contribution in [-0.2, 0) is 6.61 Å². The number of carbonyl (C=O) groups is 1. The number of nitrogens with zero attached hydrogens (tertiary/aromatic N) is 2. The maximum Gasteiger partial charge on any atom is 0.511 e. The summed E-state index contributed by atoms with van der Waals surface area (Å²) in [5, 5.41) is 8.76. The lowest BCUT2D eigenvalue weighted by molar-refractivity contribution is 0.144. The van der Waals surface area contributed by atoms with Gasteiger partial charge in [0.25, 0.3) is 0 Å². The Morgan fingerprint density at radius 3 is 2.43 bits per heavy atom. The molecule has 1 aromatic heterocycles. The number of aryl methyl sites for hydroxylation is 1. The molecule has 6 heteroatoms. The second kappa shape index (κ2) is 7.44. The first-order valence-corrected chi connectivity index (χ1v) is 8.77. The molecule has 0 bridgehead atoms. The molecule has 140 valence electrons. The molecule has 0 aliphatic carbocycles. The average Bonchev–Trinajstić information content (AvgIpc) is 3.02. The van der Waals surface area contributed by atoms with Crippen LogP contribution in [0.3, 0.4) is 0 Å². The molecule has 0 aliphatic heterocycles. The zero-order valence-electron chi connectivity index (χ0n) is 15.2. The zero-order chi connectivity index (χ0) is 19.5. The number of hydrogen-bond donors (Lipinski definition) is 1. The molecule has 4 rings (SSSR count). The van der Waals surface area contributed by atoms with E-state index in [9.17, 15) is 4.79 Å². The van der Waals surface area contributed by atoms with Gasteiger partial charge < -0.3 is 14.6 Å². The predicted molar refractivity (Wildman–Crippen MR) is 105 cm³/mol. The predicted octanol–water partition coefficient (Wildman–Crippen LogP) is 4.97. The zero-order valence-corrected chi connectivity index (χ0v) is 15.2. The molecule has 4 aromatic rings. The van der Waals surface area contributed by atoms with Gasteiger partial charge >= 0.3 is 6.16 Å². The first-order chi connectivity index (χ1) is 13.6. The Bertz CT molecular complexity index is 1120. The van der Waals surface area contributed by atoms with Crippen LogP contribution in [0.25, 0.3) is 16.7 Å². The van der Waals surface area contributed by atoms with E-state index in [2.05, 4.69) is 4.98 Å². The third-order valence-electron chi connectivity index (χ3n) is 4.34. The molecule has 3 aromatic carbocycles. The standard InChI is InChI=1S/C22H18N2O4/c1-15-23-20-13-19(28-22(25)26)11-12-21(20)24(15)17-7-9-18(10-8-17)27-14-16-5-3-2-4-6-16/h2-13H,14H2,1H3,(H,25,26). The summed E-state index contributed by atoms with van der Waals surface area (Å²) in [6, 6.07) is 22.8. The van der Waals surface area contributed by atoms with Crippen LogP contribution < -0.4 is 9.47 Å². The minimum atomic E-state index is -1.35. The number of ether oxygens (including phenoxy) is 2. The van der Waals surface area contributed by atoms with Gasteiger partial charge in [-0.15, -0.1) is 0 Å². The average molecular weight is 374 g/mol. The van der Waals surface area contributed by atoms with E-state index in [1.807, 2.05) is 66.1 Å². The molecule has 1 N–H and O–H groups in total. The summed E-state index contributed by atoms with van der Waals surface area (Å²) < 4.78 is 12.5. The van der Waals surface area contributed by atoms with Gasteiger partial charge in [0, 0.05) is 11.8 Å². The summed E-state index contributed by atoms with van der Waals surface area (Å²) >= 11 is 0. The van der Waals surface area contributed by atoms with Gasteiger partial charge in [0.15, 0.2) is 0 Å². The number of imidazole rings is 1. The quantitative estimate of drug-likeness (QED) is 0.394. The monoisotopic (exact) mass is 374 g/mol. The summed E-state index contributed by atoms with van der Waals surface area (Å²) in [4.78, 5) is 15.2. The number of hydrogen-bond acceptors (Lipinski definition) is 4. The highest BCUT2D eigenvalue weighted by molar-refractivity contribution is 5.80. The molecule has 0 saturated heterocycles. The van der Waals surface area contributed by atoms with E-state index in [-0.39, 0.29) is 5.75 Å². The van der Waals surface area contributed by atoms with Crippen molar-refractivity contribution in [2.24, 2.45) is 0 Å². The Morgan fingerprint density at radius 2 is 1.71 bits per heavy atom. The smallest absolute Gasteiger partial charge is 0.489 e. The maximum atomic E-state index is 10.7. The molecule has 28 heavy (non-hydrogen) atoms. The highest BCUT2D eigenvalue weighted by Crippen LogP contribution is 2.26. The Hall–Kier alpha value is -3.80. The van der Waals surface area contributed by atoms with Crippen molar-refractivity contribution in [2.75, 3.05) is 0 Å². The van der Waals surface area contributed by atoms with E-state index < -0.39 is 6.16 Å². The molecule has 0 unspecified atom stereocenters. The van der Waals surface area contributed by atoms with E-state index in [0.717, 1.165) is 28.3 Å². The first-order valence-electron chi connectivity index (χ1n) is 8.77. The fraction of sp³-hybridized carbons (Fsp3) is 0.0909. The third kappa shape index (κ3) is 3.66. The second-order valence-electron chi connectivity index (χ2n) is 6.28. The fourth-order valence-electron chi connectivity index (χ4n) is 3.10. The van der Waals surface area contributed by atoms with Crippen LogP contribution in [0.2, 0.25) is 0 Å². The van der Waals surface area contributed by atoms with Crippen LogP contribution >= 0.6 is 0 Å². The van der Waals surface area contributed by atoms with Crippen molar-refractivity contribution in [3.63, 3.8) is 0 Å². The highest BCUT2D eigenvalue weighted by atomic mass is 16.7. The summed E-state index contributed by atoms with van der Waals surface area (Å²) in [5.74, 6) is 1.82. The van der Waals surface area contributed by atoms with Crippen LogP contribution in [0.4, 0.5) is 4.79 Å². The summed E-state index contributed by atoms with van der Waals surface area (Å²) in [7, 11) is 0. The Labute approximate surface area is 161 Å².